The number of phenols is 1. The van der Waals surface area contributed by atoms with Gasteiger partial charge in [0.05, 0.1) is 5.56 Å². The van der Waals surface area contributed by atoms with E-state index >= 15 is 0 Å². The van der Waals surface area contributed by atoms with Crippen molar-refractivity contribution in [3.8, 4) is 17.2 Å². The number of hydrogen-bond acceptors (Lipinski definition) is 4. The highest BCUT2D eigenvalue weighted by Gasteiger charge is 2.08. The lowest BCUT2D eigenvalue weighted by Gasteiger charge is -2.08. The summed E-state index contributed by atoms with van der Waals surface area (Å²) in [5.74, 6) is 1.09. The van der Waals surface area contributed by atoms with E-state index in [1.165, 1.54) is 24.3 Å². The summed E-state index contributed by atoms with van der Waals surface area (Å²) < 4.78 is 11.0. The molecule has 120 valence electrons. The fourth-order valence-corrected chi connectivity index (χ4v) is 2.15. The Morgan fingerprint density at radius 2 is 1.54 bits per heavy atom. The summed E-state index contributed by atoms with van der Waals surface area (Å²) in [6.07, 6.45) is 0. The molecule has 0 fully saturated rings. The first kappa shape index (κ1) is 15.6. The van der Waals surface area contributed by atoms with Gasteiger partial charge in [0.25, 0.3) is 0 Å². The highest BCUT2D eigenvalue weighted by molar-refractivity contribution is 5.89. The van der Waals surface area contributed by atoms with Crippen molar-refractivity contribution in [1.29, 1.82) is 0 Å². The Bertz CT molecular complexity index is 811. The molecule has 4 heteroatoms. The van der Waals surface area contributed by atoms with Gasteiger partial charge in [-0.05, 0) is 54.1 Å². The number of benzene rings is 3. The summed E-state index contributed by atoms with van der Waals surface area (Å²) in [6, 6.07) is 22.8. The fraction of sp³-hybridized carbons (Fsp3) is 0.0500. The number of ether oxygens (including phenoxy) is 2. The smallest absolute Gasteiger partial charge is 0.338 e. The Morgan fingerprint density at radius 1 is 0.833 bits per heavy atom. The van der Waals surface area contributed by atoms with Crippen LogP contribution in [0.3, 0.4) is 0 Å². The van der Waals surface area contributed by atoms with Crippen LogP contribution in [0.25, 0.3) is 0 Å². The Balaban J connectivity index is 1.62. The molecule has 0 aliphatic heterocycles. The number of aromatic hydroxyl groups is 1. The van der Waals surface area contributed by atoms with Crippen molar-refractivity contribution in [2.75, 3.05) is 0 Å². The summed E-state index contributed by atoms with van der Waals surface area (Å²) >= 11 is 0. The maximum Gasteiger partial charge on any atom is 0.338 e. The maximum absolute atomic E-state index is 12.0. The summed E-state index contributed by atoms with van der Waals surface area (Å²) in [4.78, 5) is 12.0. The van der Waals surface area contributed by atoms with Crippen LogP contribution in [0.4, 0.5) is 0 Å². The summed E-state index contributed by atoms with van der Waals surface area (Å²) in [6.45, 7) is 0.145. The lowest BCUT2D eigenvalue weighted by molar-refractivity contribution is 0.0472. The molecule has 0 radical (unpaired) electrons. The van der Waals surface area contributed by atoms with Gasteiger partial charge in [0.1, 0.15) is 23.9 Å². The van der Waals surface area contributed by atoms with Crippen LogP contribution in [-0.2, 0) is 11.3 Å². The lowest BCUT2D eigenvalue weighted by Crippen LogP contribution is -2.05. The monoisotopic (exact) mass is 320 g/mol. The molecule has 3 aromatic carbocycles. The molecule has 0 heterocycles. The zero-order chi connectivity index (χ0) is 16.8. The van der Waals surface area contributed by atoms with Crippen molar-refractivity contribution in [2.24, 2.45) is 0 Å². The Hall–Kier alpha value is -3.27. The third-order valence-electron chi connectivity index (χ3n) is 3.35. The van der Waals surface area contributed by atoms with Crippen LogP contribution in [0.15, 0.2) is 78.9 Å². The molecule has 24 heavy (non-hydrogen) atoms. The molecule has 0 saturated carbocycles. The minimum Gasteiger partial charge on any atom is -0.508 e. The Kier molecular flexibility index (Phi) is 4.77. The molecule has 0 aromatic heterocycles. The molecule has 0 amide bonds. The molecule has 0 atom stereocenters. The van der Waals surface area contributed by atoms with Crippen molar-refractivity contribution in [3.05, 3.63) is 90.0 Å². The minimum absolute atomic E-state index is 0.109. The number of carbonyl (C=O) groups is 1. The fourth-order valence-electron chi connectivity index (χ4n) is 2.15. The van der Waals surface area contributed by atoms with Crippen LogP contribution >= 0.6 is 0 Å². The summed E-state index contributed by atoms with van der Waals surface area (Å²) in [5.41, 5.74) is 1.22. The third-order valence-corrected chi connectivity index (χ3v) is 3.35. The molecule has 0 aliphatic carbocycles. The van der Waals surface area contributed by atoms with Crippen molar-refractivity contribution in [2.45, 2.75) is 6.61 Å². The SMILES string of the molecule is O=C(OCc1cccc(Oc2ccccc2)c1)c1ccc(O)cc1. The number of para-hydroxylation sites is 1. The molecule has 3 rings (SSSR count). The van der Waals surface area contributed by atoms with Gasteiger partial charge in [-0.1, -0.05) is 30.3 Å². The average Bonchev–Trinajstić information content (AvgIpc) is 2.61. The molecule has 0 unspecified atom stereocenters. The minimum atomic E-state index is -0.440. The van der Waals surface area contributed by atoms with Gasteiger partial charge in [0.15, 0.2) is 0 Å². The van der Waals surface area contributed by atoms with Crippen molar-refractivity contribution in [1.82, 2.24) is 0 Å². The van der Waals surface area contributed by atoms with Crippen LogP contribution in [0.1, 0.15) is 15.9 Å². The predicted octanol–water partition coefficient (Wildman–Crippen LogP) is 4.54. The van der Waals surface area contributed by atoms with Crippen molar-refractivity contribution >= 4 is 5.97 Å². The number of carbonyl (C=O) groups excluding carboxylic acids is 1. The average molecular weight is 320 g/mol. The van der Waals surface area contributed by atoms with E-state index in [1.807, 2.05) is 54.6 Å². The van der Waals surface area contributed by atoms with Crippen LogP contribution in [-0.4, -0.2) is 11.1 Å². The first-order chi connectivity index (χ1) is 11.7. The second kappa shape index (κ2) is 7.33. The van der Waals surface area contributed by atoms with Crippen LogP contribution in [0, 0.1) is 0 Å². The van der Waals surface area contributed by atoms with E-state index in [1.54, 1.807) is 0 Å². The van der Waals surface area contributed by atoms with Crippen molar-refractivity contribution < 1.29 is 19.4 Å². The highest BCUT2D eigenvalue weighted by atomic mass is 16.5. The van der Waals surface area contributed by atoms with E-state index in [-0.39, 0.29) is 12.4 Å². The zero-order valence-electron chi connectivity index (χ0n) is 12.9. The van der Waals surface area contributed by atoms with Gasteiger partial charge in [-0.25, -0.2) is 4.79 Å². The van der Waals surface area contributed by atoms with E-state index in [0.29, 0.717) is 11.3 Å². The summed E-state index contributed by atoms with van der Waals surface area (Å²) in [7, 11) is 0. The summed E-state index contributed by atoms with van der Waals surface area (Å²) in [5, 5.41) is 9.23. The van der Waals surface area contributed by atoms with Gasteiger partial charge in [0, 0.05) is 0 Å². The van der Waals surface area contributed by atoms with Crippen LogP contribution in [0.5, 0.6) is 17.2 Å². The van der Waals surface area contributed by atoms with E-state index in [2.05, 4.69) is 0 Å². The maximum atomic E-state index is 12.0. The van der Waals surface area contributed by atoms with E-state index < -0.39 is 5.97 Å². The molecular formula is C20H16O4. The normalized spacial score (nSPS) is 10.2. The molecule has 1 N–H and O–H groups in total. The van der Waals surface area contributed by atoms with E-state index in [0.717, 1.165) is 11.3 Å². The topological polar surface area (TPSA) is 55.8 Å². The van der Waals surface area contributed by atoms with Gasteiger partial charge in [0.2, 0.25) is 0 Å². The van der Waals surface area contributed by atoms with Crippen LogP contribution in [0.2, 0.25) is 0 Å². The molecule has 0 spiro atoms. The lowest BCUT2D eigenvalue weighted by atomic mass is 10.2. The number of esters is 1. The Labute approximate surface area is 139 Å². The van der Waals surface area contributed by atoms with E-state index in [4.69, 9.17) is 9.47 Å². The molecule has 0 saturated heterocycles. The van der Waals surface area contributed by atoms with Crippen LogP contribution < -0.4 is 4.74 Å². The molecule has 0 bridgehead atoms. The molecular weight excluding hydrogens is 304 g/mol. The Morgan fingerprint density at radius 3 is 2.29 bits per heavy atom. The first-order valence-corrected chi connectivity index (χ1v) is 7.49. The largest absolute Gasteiger partial charge is 0.508 e. The van der Waals surface area contributed by atoms with E-state index in [9.17, 15) is 9.90 Å². The second-order valence-electron chi connectivity index (χ2n) is 5.19. The van der Waals surface area contributed by atoms with Crippen molar-refractivity contribution in [3.63, 3.8) is 0 Å². The zero-order valence-corrected chi connectivity index (χ0v) is 12.9. The third kappa shape index (κ3) is 4.14. The predicted molar refractivity (Wildman–Crippen MR) is 90.2 cm³/mol. The second-order valence-corrected chi connectivity index (χ2v) is 5.19. The van der Waals surface area contributed by atoms with Gasteiger partial charge in [-0.3, -0.25) is 0 Å². The van der Waals surface area contributed by atoms with Gasteiger partial charge in [-0.2, -0.15) is 0 Å². The standard InChI is InChI=1S/C20H16O4/c21-17-11-9-16(10-12-17)20(22)23-14-15-5-4-8-19(13-15)24-18-6-2-1-3-7-18/h1-13,21H,14H2. The molecule has 3 aromatic rings. The quantitative estimate of drug-likeness (QED) is 0.701. The van der Waals surface area contributed by atoms with Gasteiger partial charge in [-0.15, -0.1) is 0 Å². The number of hydrogen-bond donors (Lipinski definition) is 1. The van der Waals surface area contributed by atoms with Gasteiger partial charge >= 0.3 is 5.97 Å². The highest BCUT2D eigenvalue weighted by Crippen LogP contribution is 2.22. The number of rotatable bonds is 5. The van der Waals surface area contributed by atoms with Gasteiger partial charge < -0.3 is 14.6 Å². The molecule has 4 nitrogen and oxygen atoms in total. The molecule has 0 aliphatic rings. The number of phenolic OH excluding ortho intramolecular Hbond substituents is 1. The first-order valence-electron chi connectivity index (χ1n) is 7.49.